The van der Waals surface area contributed by atoms with E-state index in [4.69, 9.17) is 9.47 Å². The van der Waals surface area contributed by atoms with Crippen LogP contribution in [0.15, 0.2) is 29.3 Å². The molecule has 0 spiro atoms. The third-order valence-electron chi connectivity index (χ3n) is 5.53. The number of para-hydroxylation sites is 1. The third-order valence-corrected chi connectivity index (χ3v) is 5.53. The van der Waals surface area contributed by atoms with Gasteiger partial charge in [-0.25, -0.2) is 9.38 Å². The van der Waals surface area contributed by atoms with Crippen molar-refractivity contribution in [1.29, 1.82) is 0 Å². The van der Waals surface area contributed by atoms with Crippen molar-refractivity contribution in [1.82, 2.24) is 10.2 Å². The molecule has 2 bridgehead atoms. The summed E-state index contributed by atoms with van der Waals surface area (Å²) in [5, 5.41) is 3.38. The van der Waals surface area contributed by atoms with Gasteiger partial charge < -0.3 is 19.7 Å². The molecular formula is C19H27FIN3O2. The number of hydrogen-bond acceptors (Lipinski definition) is 3. The minimum atomic E-state index is -0.332. The fourth-order valence-corrected chi connectivity index (χ4v) is 4.43. The molecule has 3 saturated heterocycles. The highest BCUT2D eigenvalue weighted by atomic mass is 127. The van der Waals surface area contributed by atoms with Crippen molar-refractivity contribution in [2.75, 3.05) is 32.8 Å². The van der Waals surface area contributed by atoms with Gasteiger partial charge >= 0.3 is 0 Å². The second-order valence-electron chi connectivity index (χ2n) is 7.04. The number of likely N-dealkylation sites (tertiary alicyclic amines) is 1. The Kier molecular flexibility index (Phi) is 6.60. The van der Waals surface area contributed by atoms with Crippen molar-refractivity contribution in [2.45, 2.75) is 32.0 Å². The van der Waals surface area contributed by atoms with Crippen LogP contribution in [-0.4, -0.2) is 55.9 Å². The van der Waals surface area contributed by atoms with Gasteiger partial charge in [0.15, 0.2) is 17.5 Å². The first-order valence-electron chi connectivity index (χ1n) is 9.32. The SMILES string of the molecule is CCNC(=NCCOc1ccccc1F)N1CC2C3CCC(O3)C2C1.I. The number of nitrogens with one attached hydrogen (secondary N) is 1. The number of fused-ring (bicyclic) bond motifs is 5. The summed E-state index contributed by atoms with van der Waals surface area (Å²) in [6.07, 6.45) is 3.33. The van der Waals surface area contributed by atoms with Gasteiger partial charge in [-0.3, -0.25) is 0 Å². The Bertz CT molecular complexity index is 627. The molecule has 0 saturated carbocycles. The van der Waals surface area contributed by atoms with E-state index in [0.29, 0.717) is 37.2 Å². The molecule has 4 atom stereocenters. The molecule has 7 heteroatoms. The first-order valence-corrected chi connectivity index (χ1v) is 9.32. The topological polar surface area (TPSA) is 46.1 Å². The lowest BCUT2D eigenvalue weighted by Crippen LogP contribution is -2.41. The third kappa shape index (κ3) is 3.93. The van der Waals surface area contributed by atoms with Crippen LogP contribution < -0.4 is 10.1 Å². The molecule has 4 unspecified atom stereocenters. The molecule has 26 heavy (non-hydrogen) atoms. The van der Waals surface area contributed by atoms with Crippen molar-refractivity contribution in [3.63, 3.8) is 0 Å². The van der Waals surface area contributed by atoms with Gasteiger partial charge in [0.05, 0.1) is 18.8 Å². The standard InChI is InChI=1S/C19H26FN3O2.HI/c1-2-21-19(22-9-10-24-18-6-4-3-5-15(18)20)23-11-13-14(12-23)17-8-7-16(13)25-17;/h3-6,13-14,16-17H,2,7-12H2,1H3,(H,21,22);1H. The van der Waals surface area contributed by atoms with E-state index < -0.39 is 0 Å². The first-order chi connectivity index (χ1) is 12.3. The Labute approximate surface area is 171 Å². The number of benzene rings is 1. The van der Waals surface area contributed by atoms with Gasteiger partial charge in [0.25, 0.3) is 0 Å². The Morgan fingerprint density at radius 3 is 2.62 bits per heavy atom. The Morgan fingerprint density at radius 2 is 1.96 bits per heavy atom. The van der Waals surface area contributed by atoms with Crippen LogP contribution in [0.1, 0.15) is 19.8 Å². The number of rotatable bonds is 5. The molecule has 5 nitrogen and oxygen atoms in total. The molecule has 3 heterocycles. The maximum atomic E-state index is 13.6. The summed E-state index contributed by atoms with van der Waals surface area (Å²) in [5.41, 5.74) is 0. The van der Waals surface area contributed by atoms with E-state index in [1.165, 1.54) is 18.9 Å². The number of halogens is 2. The second kappa shape index (κ2) is 8.73. The summed E-state index contributed by atoms with van der Waals surface area (Å²) >= 11 is 0. The number of nitrogens with zero attached hydrogens (tertiary/aromatic N) is 2. The van der Waals surface area contributed by atoms with E-state index in [1.54, 1.807) is 18.2 Å². The molecule has 4 rings (SSSR count). The Morgan fingerprint density at radius 1 is 1.27 bits per heavy atom. The molecule has 3 aliphatic heterocycles. The van der Waals surface area contributed by atoms with Crippen LogP contribution in [0, 0.1) is 17.7 Å². The van der Waals surface area contributed by atoms with E-state index in [0.717, 1.165) is 25.6 Å². The lowest BCUT2D eigenvalue weighted by atomic mass is 9.82. The molecule has 0 aromatic heterocycles. The fourth-order valence-electron chi connectivity index (χ4n) is 4.43. The molecular weight excluding hydrogens is 448 g/mol. The first kappa shape index (κ1) is 19.7. The number of ether oxygens (including phenoxy) is 2. The molecule has 0 radical (unpaired) electrons. The van der Waals surface area contributed by atoms with Gasteiger partial charge in [-0.15, -0.1) is 24.0 Å². The predicted octanol–water partition coefficient (Wildman–Crippen LogP) is 2.90. The zero-order chi connectivity index (χ0) is 17.2. The fraction of sp³-hybridized carbons (Fsp3) is 0.632. The smallest absolute Gasteiger partial charge is 0.194 e. The van der Waals surface area contributed by atoms with Crippen molar-refractivity contribution in [3.05, 3.63) is 30.1 Å². The van der Waals surface area contributed by atoms with Gasteiger partial charge in [-0.1, -0.05) is 12.1 Å². The molecule has 3 fully saturated rings. The average Bonchev–Trinajstić information content (AvgIpc) is 3.31. The zero-order valence-electron chi connectivity index (χ0n) is 15.1. The largest absolute Gasteiger partial charge is 0.489 e. The van der Waals surface area contributed by atoms with Crippen molar-refractivity contribution >= 4 is 29.9 Å². The summed E-state index contributed by atoms with van der Waals surface area (Å²) < 4.78 is 25.1. The quantitative estimate of drug-likeness (QED) is 0.308. The van der Waals surface area contributed by atoms with Gasteiger partial charge in [0.1, 0.15) is 6.61 Å². The molecule has 0 amide bonds. The highest BCUT2D eigenvalue weighted by molar-refractivity contribution is 14.0. The number of guanidine groups is 1. The normalized spacial score (nSPS) is 29.5. The summed E-state index contributed by atoms with van der Waals surface area (Å²) in [7, 11) is 0. The maximum absolute atomic E-state index is 13.6. The van der Waals surface area contributed by atoms with Crippen LogP contribution in [0.25, 0.3) is 0 Å². The van der Waals surface area contributed by atoms with E-state index in [2.05, 4.69) is 22.1 Å². The summed E-state index contributed by atoms with van der Waals surface area (Å²) in [6.45, 7) is 5.83. The summed E-state index contributed by atoms with van der Waals surface area (Å²) in [5.74, 6) is 2.19. The van der Waals surface area contributed by atoms with Gasteiger partial charge in [0, 0.05) is 31.5 Å². The van der Waals surface area contributed by atoms with Crippen LogP contribution in [0.2, 0.25) is 0 Å². The van der Waals surface area contributed by atoms with Crippen molar-refractivity contribution < 1.29 is 13.9 Å². The molecule has 1 N–H and O–H groups in total. The van der Waals surface area contributed by atoms with Gasteiger partial charge in [-0.05, 0) is 31.9 Å². The van der Waals surface area contributed by atoms with Crippen molar-refractivity contribution in [3.8, 4) is 5.75 Å². The maximum Gasteiger partial charge on any atom is 0.194 e. The van der Waals surface area contributed by atoms with Crippen LogP contribution in [-0.2, 0) is 4.74 Å². The number of aliphatic imine (C=N–C) groups is 1. The molecule has 0 aliphatic carbocycles. The van der Waals surface area contributed by atoms with Crippen LogP contribution in [0.3, 0.4) is 0 Å². The van der Waals surface area contributed by atoms with Crippen molar-refractivity contribution in [2.24, 2.45) is 16.8 Å². The van der Waals surface area contributed by atoms with Gasteiger partial charge in [0.2, 0.25) is 0 Å². The molecule has 1 aromatic carbocycles. The van der Waals surface area contributed by atoms with E-state index in [-0.39, 0.29) is 35.5 Å². The Balaban J connectivity index is 0.00000196. The van der Waals surface area contributed by atoms with Gasteiger partial charge in [-0.2, -0.15) is 0 Å². The van der Waals surface area contributed by atoms with Crippen LogP contribution in [0.4, 0.5) is 4.39 Å². The Hall–Kier alpha value is -1.09. The monoisotopic (exact) mass is 475 g/mol. The van der Waals surface area contributed by atoms with E-state index >= 15 is 0 Å². The minimum absolute atomic E-state index is 0. The van der Waals surface area contributed by atoms with Crippen LogP contribution >= 0.6 is 24.0 Å². The second-order valence-corrected chi connectivity index (χ2v) is 7.04. The zero-order valence-corrected chi connectivity index (χ0v) is 17.4. The molecule has 1 aromatic rings. The highest BCUT2D eigenvalue weighted by Gasteiger charge is 2.53. The average molecular weight is 475 g/mol. The lowest BCUT2D eigenvalue weighted by Gasteiger charge is -2.23. The summed E-state index contributed by atoms with van der Waals surface area (Å²) in [4.78, 5) is 7.04. The summed E-state index contributed by atoms with van der Waals surface area (Å²) in [6, 6.07) is 6.47. The predicted molar refractivity (Wildman–Crippen MR) is 110 cm³/mol. The molecule has 144 valence electrons. The van der Waals surface area contributed by atoms with E-state index in [9.17, 15) is 4.39 Å². The number of hydrogen-bond donors (Lipinski definition) is 1. The lowest BCUT2D eigenvalue weighted by molar-refractivity contribution is 0.0767. The molecule has 3 aliphatic rings. The minimum Gasteiger partial charge on any atom is -0.489 e. The van der Waals surface area contributed by atoms with E-state index in [1.807, 2.05) is 0 Å². The van der Waals surface area contributed by atoms with Crippen LogP contribution in [0.5, 0.6) is 5.75 Å². The highest BCUT2D eigenvalue weighted by Crippen LogP contribution is 2.47.